The van der Waals surface area contributed by atoms with Crippen molar-refractivity contribution >= 4 is 28.5 Å². The topological polar surface area (TPSA) is 46.9 Å². The average Bonchev–Trinajstić information content (AvgIpc) is 3.41. The van der Waals surface area contributed by atoms with E-state index in [1.807, 2.05) is 4.57 Å². The smallest absolute Gasteiger partial charge is 0.251 e. The summed E-state index contributed by atoms with van der Waals surface area (Å²) in [5.74, 6) is -0.610. The highest BCUT2D eigenvalue weighted by atomic mass is 35.5. The standard InChI is InChI=1S/C24H24ClF2N3O/c1-13-8-17(30-12-28-21-10-19(26)20(27)11-22(21)30)9-18(13)23(14-2-3-14)29-24(31)15-4-6-16(25)7-5-15/h4-7,10-14,17-18,23H,2-3,8-9H2,1H3,(H,29,31). The third-order valence-corrected chi connectivity index (χ3v) is 7.18. The van der Waals surface area contributed by atoms with Gasteiger partial charge in [-0.2, -0.15) is 0 Å². The first-order chi connectivity index (χ1) is 14.9. The van der Waals surface area contributed by atoms with Gasteiger partial charge >= 0.3 is 0 Å². The van der Waals surface area contributed by atoms with Crippen LogP contribution in [0.5, 0.6) is 0 Å². The van der Waals surface area contributed by atoms with Crippen LogP contribution in [0, 0.1) is 29.4 Å². The van der Waals surface area contributed by atoms with Gasteiger partial charge in [-0.05, 0) is 67.7 Å². The van der Waals surface area contributed by atoms with Gasteiger partial charge in [-0.1, -0.05) is 18.5 Å². The molecule has 3 aromatic rings. The largest absolute Gasteiger partial charge is 0.349 e. The SMILES string of the molecule is CC1CC(n2cnc3cc(F)c(F)cc32)CC1C(NC(=O)c1ccc(Cl)cc1)C1CC1. The number of hydrogen-bond acceptors (Lipinski definition) is 2. The van der Waals surface area contributed by atoms with Crippen LogP contribution in [0.25, 0.3) is 11.0 Å². The van der Waals surface area contributed by atoms with Crippen molar-refractivity contribution in [1.82, 2.24) is 14.9 Å². The number of nitrogens with zero attached hydrogens (tertiary/aromatic N) is 2. The summed E-state index contributed by atoms with van der Waals surface area (Å²) in [6, 6.07) is 9.57. The average molecular weight is 444 g/mol. The Balaban J connectivity index is 1.37. The molecule has 0 spiro atoms. The summed E-state index contributed by atoms with van der Waals surface area (Å²) in [5, 5.41) is 3.89. The van der Waals surface area contributed by atoms with Crippen LogP contribution >= 0.6 is 11.6 Å². The van der Waals surface area contributed by atoms with Gasteiger partial charge in [-0.3, -0.25) is 4.79 Å². The van der Waals surface area contributed by atoms with E-state index in [0.717, 1.165) is 31.7 Å². The maximum Gasteiger partial charge on any atom is 0.251 e. The Labute approximate surface area is 184 Å². The molecule has 4 unspecified atom stereocenters. The summed E-state index contributed by atoms with van der Waals surface area (Å²) in [5.41, 5.74) is 1.69. The Morgan fingerprint density at radius 2 is 1.87 bits per heavy atom. The lowest BCUT2D eigenvalue weighted by Crippen LogP contribution is -2.43. The monoisotopic (exact) mass is 443 g/mol. The summed E-state index contributed by atoms with van der Waals surface area (Å²) >= 11 is 5.95. The van der Waals surface area contributed by atoms with Gasteiger partial charge < -0.3 is 9.88 Å². The molecule has 0 radical (unpaired) electrons. The van der Waals surface area contributed by atoms with Crippen molar-refractivity contribution in [2.45, 2.75) is 44.7 Å². The van der Waals surface area contributed by atoms with Gasteiger partial charge in [0.05, 0.1) is 17.4 Å². The molecule has 5 rings (SSSR count). The van der Waals surface area contributed by atoms with E-state index < -0.39 is 11.6 Å². The number of imidazole rings is 1. The zero-order valence-corrected chi connectivity index (χ0v) is 17.9. The third kappa shape index (κ3) is 3.93. The van der Waals surface area contributed by atoms with Crippen LogP contribution in [0.1, 0.15) is 49.0 Å². The summed E-state index contributed by atoms with van der Waals surface area (Å²) in [7, 11) is 0. The highest BCUT2D eigenvalue weighted by Crippen LogP contribution is 2.47. The first-order valence-electron chi connectivity index (χ1n) is 10.8. The van der Waals surface area contributed by atoms with E-state index in [4.69, 9.17) is 11.6 Å². The minimum absolute atomic E-state index is 0.0742. The molecule has 4 nitrogen and oxygen atoms in total. The molecule has 1 amide bonds. The van der Waals surface area contributed by atoms with Crippen LogP contribution in [0.2, 0.25) is 5.02 Å². The minimum Gasteiger partial charge on any atom is -0.349 e. The minimum atomic E-state index is -0.880. The molecule has 2 saturated carbocycles. The van der Waals surface area contributed by atoms with Crippen molar-refractivity contribution in [3.63, 3.8) is 0 Å². The van der Waals surface area contributed by atoms with Gasteiger partial charge in [0.2, 0.25) is 0 Å². The second-order valence-electron chi connectivity index (χ2n) is 9.02. The molecule has 7 heteroatoms. The molecule has 2 aliphatic carbocycles. The van der Waals surface area contributed by atoms with Crippen LogP contribution in [0.4, 0.5) is 8.78 Å². The molecule has 1 N–H and O–H groups in total. The number of halogens is 3. The quantitative estimate of drug-likeness (QED) is 0.544. The summed E-state index contributed by atoms with van der Waals surface area (Å²) < 4.78 is 29.4. The Kier molecular flexibility index (Phi) is 5.21. The fourth-order valence-electron chi connectivity index (χ4n) is 5.15. The molecule has 0 aliphatic heterocycles. The molecular formula is C24H24ClF2N3O. The van der Waals surface area contributed by atoms with Crippen LogP contribution in [0.15, 0.2) is 42.7 Å². The second-order valence-corrected chi connectivity index (χ2v) is 9.45. The lowest BCUT2D eigenvalue weighted by molar-refractivity contribution is 0.0905. The van der Waals surface area contributed by atoms with Crippen LogP contribution in [0.3, 0.4) is 0 Å². The second kappa shape index (κ2) is 7.90. The van der Waals surface area contributed by atoms with Gasteiger partial charge in [0.1, 0.15) is 0 Å². The maximum absolute atomic E-state index is 13.8. The predicted octanol–water partition coefficient (Wildman–Crippen LogP) is 5.76. The van der Waals surface area contributed by atoms with Gasteiger partial charge in [0.25, 0.3) is 5.91 Å². The van der Waals surface area contributed by atoms with Crippen molar-refractivity contribution in [3.05, 3.63) is 64.9 Å². The van der Waals surface area contributed by atoms with Crippen molar-refractivity contribution in [2.24, 2.45) is 17.8 Å². The molecule has 4 atom stereocenters. The number of aromatic nitrogens is 2. The predicted molar refractivity (Wildman–Crippen MR) is 116 cm³/mol. The Morgan fingerprint density at radius 1 is 1.16 bits per heavy atom. The molecule has 2 fully saturated rings. The number of hydrogen-bond donors (Lipinski definition) is 1. The number of fused-ring (bicyclic) bond motifs is 1. The number of nitrogens with one attached hydrogen (secondary N) is 1. The molecule has 162 valence electrons. The van der Waals surface area contributed by atoms with E-state index in [1.54, 1.807) is 30.6 Å². The van der Waals surface area contributed by atoms with E-state index in [9.17, 15) is 13.6 Å². The summed E-state index contributed by atoms with van der Waals surface area (Å²) in [6.45, 7) is 2.22. The summed E-state index contributed by atoms with van der Waals surface area (Å²) in [4.78, 5) is 17.1. The van der Waals surface area contributed by atoms with E-state index >= 15 is 0 Å². The van der Waals surface area contributed by atoms with E-state index in [0.29, 0.717) is 39.4 Å². The van der Waals surface area contributed by atoms with E-state index in [1.165, 1.54) is 6.07 Å². The molecule has 2 aliphatic rings. The van der Waals surface area contributed by atoms with E-state index in [-0.39, 0.29) is 18.0 Å². The van der Waals surface area contributed by atoms with Crippen molar-refractivity contribution < 1.29 is 13.6 Å². The molecule has 0 saturated heterocycles. The Morgan fingerprint density at radius 3 is 2.58 bits per heavy atom. The van der Waals surface area contributed by atoms with E-state index in [2.05, 4.69) is 17.2 Å². The van der Waals surface area contributed by atoms with Gasteiger partial charge in [0.15, 0.2) is 11.6 Å². The Bertz CT molecular complexity index is 1130. The summed E-state index contributed by atoms with van der Waals surface area (Å²) in [6.07, 6.45) is 5.71. The fourth-order valence-corrected chi connectivity index (χ4v) is 5.28. The number of carbonyl (C=O) groups is 1. The molecule has 1 aromatic heterocycles. The molecule has 1 heterocycles. The van der Waals surface area contributed by atoms with Crippen LogP contribution in [-0.2, 0) is 0 Å². The molecule has 2 aromatic carbocycles. The van der Waals surface area contributed by atoms with Gasteiger partial charge in [0, 0.05) is 34.8 Å². The lowest BCUT2D eigenvalue weighted by atomic mass is 9.87. The van der Waals surface area contributed by atoms with Crippen molar-refractivity contribution in [3.8, 4) is 0 Å². The van der Waals surface area contributed by atoms with Crippen LogP contribution < -0.4 is 5.32 Å². The number of rotatable bonds is 5. The fraction of sp³-hybridized carbons (Fsp3) is 0.417. The number of amides is 1. The van der Waals surface area contributed by atoms with Gasteiger partial charge in [-0.25, -0.2) is 13.8 Å². The lowest BCUT2D eigenvalue weighted by Gasteiger charge is -2.28. The zero-order chi connectivity index (χ0) is 21.7. The third-order valence-electron chi connectivity index (χ3n) is 6.92. The molecular weight excluding hydrogens is 420 g/mol. The first kappa shape index (κ1) is 20.4. The molecule has 0 bridgehead atoms. The normalized spacial score (nSPS) is 24.5. The Hall–Kier alpha value is -2.47. The molecule has 31 heavy (non-hydrogen) atoms. The highest BCUT2D eigenvalue weighted by molar-refractivity contribution is 6.30. The highest BCUT2D eigenvalue weighted by Gasteiger charge is 2.44. The first-order valence-corrected chi connectivity index (χ1v) is 11.2. The number of carbonyl (C=O) groups excluding carboxylic acids is 1. The van der Waals surface area contributed by atoms with Crippen molar-refractivity contribution in [2.75, 3.05) is 0 Å². The van der Waals surface area contributed by atoms with Crippen molar-refractivity contribution in [1.29, 1.82) is 0 Å². The van der Waals surface area contributed by atoms with Gasteiger partial charge in [-0.15, -0.1) is 0 Å². The maximum atomic E-state index is 13.8. The van der Waals surface area contributed by atoms with Crippen LogP contribution in [-0.4, -0.2) is 21.5 Å². The zero-order valence-electron chi connectivity index (χ0n) is 17.2. The number of benzene rings is 2.